The first-order chi connectivity index (χ1) is 9.70. The van der Waals surface area contributed by atoms with Crippen molar-refractivity contribution in [3.63, 3.8) is 0 Å². The number of hydrogen-bond acceptors (Lipinski definition) is 2. The predicted molar refractivity (Wildman–Crippen MR) is 85.2 cm³/mol. The highest BCUT2D eigenvalue weighted by atomic mass is 35.5. The van der Waals surface area contributed by atoms with E-state index >= 15 is 0 Å². The molecule has 0 aliphatic carbocycles. The number of para-hydroxylation sites is 1. The first-order valence-electron chi connectivity index (χ1n) is 6.96. The van der Waals surface area contributed by atoms with Crippen LogP contribution in [-0.4, -0.2) is 11.2 Å². The van der Waals surface area contributed by atoms with E-state index < -0.39 is 6.10 Å². The Bertz CT molecular complexity index is 512. The molecule has 2 aromatic rings. The van der Waals surface area contributed by atoms with Crippen LogP contribution in [0.25, 0.3) is 0 Å². The molecular weight excluding hydrogens is 270 g/mol. The number of aliphatic hydroxyl groups excluding tert-OH is 1. The van der Waals surface area contributed by atoms with Gasteiger partial charge in [-0.3, -0.25) is 0 Å². The van der Waals surface area contributed by atoms with Crippen molar-refractivity contribution in [1.82, 2.24) is 0 Å². The van der Waals surface area contributed by atoms with Crippen molar-refractivity contribution < 1.29 is 5.11 Å². The number of anilines is 1. The Balaban J connectivity index is 2.22. The molecule has 0 heterocycles. The second-order valence-corrected chi connectivity index (χ2v) is 5.33. The molecule has 2 rings (SSSR count). The minimum atomic E-state index is -0.429. The number of benzene rings is 2. The molecule has 0 aliphatic heterocycles. The van der Waals surface area contributed by atoms with Crippen molar-refractivity contribution in [3.8, 4) is 0 Å². The Morgan fingerprint density at radius 2 is 1.70 bits per heavy atom. The molecule has 0 amide bonds. The summed E-state index contributed by atoms with van der Waals surface area (Å²) in [5.74, 6) is 0. The van der Waals surface area contributed by atoms with Gasteiger partial charge < -0.3 is 10.4 Å². The number of halogens is 1. The van der Waals surface area contributed by atoms with E-state index in [4.69, 9.17) is 11.6 Å². The van der Waals surface area contributed by atoms with Gasteiger partial charge in [0.1, 0.15) is 0 Å². The second-order valence-electron chi connectivity index (χ2n) is 4.90. The Hall–Kier alpha value is -1.51. The van der Waals surface area contributed by atoms with Crippen LogP contribution in [0, 0.1) is 0 Å². The highest BCUT2D eigenvalue weighted by Gasteiger charge is 2.20. The summed E-state index contributed by atoms with van der Waals surface area (Å²) in [5.41, 5.74) is 2.04. The molecule has 0 saturated carbocycles. The van der Waals surface area contributed by atoms with E-state index in [1.807, 2.05) is 54.6 Å². The SMILES string of the molecule is CCCC(O)C(Nc1ccccc1)c1ccc(Cl)cc1. The van der Waals surface area contributed by atoms with Crippen molar-refractivity contribution in [3.05, 3.63) is 65.2 Å². The zero-order valence-corrected chi connectivity index (χ0v) is 12.3. The third-order valence-electron chi connectivity index (χ3n) is 3.29. The Labute approximate surface area is 125 Å². The van der Waals surface area contributed by atoms with E-state index in [1.54, 1.807) is 0 Å². The van der Waals surface area contributed by atoms with Gasteiger partial charge in [-0.25, -0.2) is 0 Å². The topological polar surface area (TPSA) is 32.3 Å². The van der Waals surface area contributed by atoms with Gasteiger partial charge in [0, 0.05) is 10.7 Å². The maximum atomic E-state index is 10.4. The molecule has 0 spiro atoms. The van der Waals surface area contributed by atoms with E-state index in [0.29, 0.717) is 5.02 Å². The molecule has 0 fully saturated rings. The standard InChI is InChI=1S/C17H20ClNO/c1-2-6-16(20)17(13-9-11-14(18)12-10-13)19-15-7-4-3-5-8-15/h3-5,7-12,16-17,19-20H,2,6H2,1H3. The summed E-state index contributed by atoms with van der Waals surface area (Å²) in [4.78, 5) is 0. The predicted octanol–water partition coefficient (Wildman–Crippen LogP) is 4.65. The molecule has 2 N–H and O–H groups in total. The molecule has 2 aromatic carbocycles. The fraction of sp³-hybridized carbons (Fsp3) is 0.294. The van der Waals surface area contributed by atoms with Crippen LogP contribution in [0.1, 0.15) is 31.4 Å². The molecule has 2 atom stereocenters. The third-order valence-corrected chi connectivity index (χ3v) is 3.55. The molecule has 20 heavy (non-hydrogen) atoms. The first kappa shape index (κ1) is 14.9. The molecule has 0 radical (unpaired) electrons. The highest BCUT2D eigenvalue weighted by molar-refractivity contribution is 6.30. The lowest BCUT2D eigenvalue weighted by molar-refractivity contribution is 0.142. The fourth-order valence-electron chi connectivity index (χ4n) is 2.25. The van der Waals surface area contributed by atoms with Gasteiger partial charge in [0.2, 0.25) is 0 Å². The van der Waals surface area contributed by atoms with Crippen LogP contribution in [0.5, 0.6) is 0 Å². The van der Waals surface area contributed by atoms with Gasteiger partial charge in [0.25, 0.3) is 0 Å². The molecule has 0 aliphatic rings. The summed E-state index contributed by atoms with van der Waals surface area (Å²) in [6, 6.07) is 17.4. The van der Waals surface area contributed by atoms with Crippen molar-refractivity contribution in [1.29, 1.82) is 0 Å². The third kappa shape index (κ3) is 3.99. The van der Waals surface area contributed by atoms with Crippen LogP contribution in [0.15, 0.2) is 54.6 Å². The minimum Gasteiger partial charge on any atom is -0.391 e. The number of hydrogen-bond donors (Lipinski definition) is 2. The Kier molecular flexibility index (Phi) is 5.45. The van der Waals surface area contributed by atoms with E-state index in [0.717, 1.165) is 24.1 Å². The van der Waals surface area contributed by atoms with E-state index in [-0.39, 0.29) is 6.04 Å². The summed E-state index contributed by atoms with van der Waals surface area (Å²) >= 11 is 5.93. The van der Waals surface area contributed by atoms with E-state index in [2.05, 4.69) is 12.2 Å². The Morgan fingerprint density at radius 1 is 1.05 bits per heavy atom. The summed E-state index contributed by atoms with van der Waals surface area (Å²) in [6.45, 7) is 2.07. The summed E-state index contributed by atoms with van der Waals surface area (Å²) < 4.78 is 0. The van der Waals surface area contributed by atoms with Gasteiger partial charge >= 0.3 is 0 Å². The average Bonchev–Trinajstić information content (AvgIpc) is 2.47. The van der Waals surface area contributed by atoms with Crippen molar-refractivity contribution >= 4 is 17.3 Å². The van der Waals surface area contributed by atoms with Crippen molar-refractivity contribution in [2.24, 2.45) is 0 Å². The van der Waals surface area contributed by atoms with Crippen molar-refractivity contribution in [2.45, 2.75) is 31.9 Å². The van der Waals surface area contributed by atoms with Gasteiger partial charge in [-0.05, 0) is 36.2 Å². The zero-order valence-electron chi connectivity index (χ0n) is 11.6. The molecule has 2 nitrogen and oxygen atoms in total. The number of aliphatic hydroxyl groups is 1. The van der Waals surface area contributed by atoms with E-state index in [1.165, 1.54) is 0 Å². The largest absolute Gasteiger partial charge is 0.391 e. The summed E-state index contributed by atoms with van der Waals surface area (Å²) in [6.07, 6.45) is 1.27. The maximum Gasteiger partial charge on any atom is 0.0783 e. The molecule has 0 bridgehead atoms. The second kappa shape index (κ2) is 7.32. The van der Waals surface area contributed by atoms with Gasteiger partial charge in [-0.2, -0.15) is 0 Å². The van der Waals surface area contributed by atoms with Gasteiger partial charge in [0.05, 0.1) is 12.1 Å². The monoisotopic (exact) mass is 289 g/mol. The number of rotatable bonds is 6. The van der Waals surface area contributed by atoms with Crippen molar-refractivity contribution in [2.75, 3.05) is 5.32 Å². The number of nitrogens with one attached hydrogen (secondary N) is 1. The average molecular weight is 290 g/mol. The quantitative estimate of drug-likeness (QED) is 0.811. The van der Waals surface area contributed by atoms with Crippen LogP contribution in [0.4, 0.5) is 5.69 Å². The van der Waals surface area contributed by atoms with Gasteiger partial charge in [-0.1, -0.05) is 55.3 Å². The minimum absolute atomic E-state index is 0.130. The summed E-state index contributed by atoms with van der Waals surface area (Å²) in [5, 5.41) is 14.5. The normalized spacial score (nSPS) is 13.8. The van der Waals surface area contributed by atoms with Crippen LogP contribution >= 0.6 is 11.6 Å². The lowest BCUT2D eigenvalue weighted by atomic mass is 9.98. The first-order valence-corrected chi connectivity index (χ1v) is 7.33. The molecule has 106 valence electrons. The zero-order chi connectivity index (χ0) is 14.4. The van der Waals surface area contributed by atoms with Gasteiger partial charge in [0.15, 0.2) is 0 Å². The highest BCUT2D eigenvalue weighted by Crippen LogP contribution is 2.26. The maximum absolute atomic E-state index is 10.4. The molecule has 3 heteroatoms. The molecule has 0 aromatic heterocycles. The lowest BCUT2D eigenvalue weighted by Crippen LogP contribution is -2.25. The van der Waals surface area contributed by atoms with E-state index in [9.17, 15) is 5.11 Å². The van der Waals surface area contributed by atoms with Crippen LogP contribution < -0.4 is 5.32 Å². The smallest absolute Gasteiger partial charge is 0.0783 e. The molecule has 2 unspecified atom stereocenters. The van der Waals surface area contributed by atoms with Crippen LogP contribution in [0.3, 0.4) is 0 Å². The van der Waals surface area contributed by atoms with Crippen LogP contribution in [0.2, 0.25) is 5.02 Å². The fourth-order valence-corrected chi connectivity index (χ4v) is 2.37. The molecular formula is C17H20ClNO. The lowest BCUT2D eigenvalue weighted by Gasteiger charge is -2.25. The molecule has 0 saturated heterocycles. The van der Waals surface area contributed by atoms with Crippen LogP contribution in [-0.2, 0) is 0 Å². The van der Waals surface area contributed by atoms with Gasteiger partial charge in [-0.15, -0.1) is 0 Å². The summed E-state index contributed by atoms with van der Waals surface area (Å²) in [7, 11) is 0. The Morgan fingerprint density at radius 3 is 2.30 bits per heavy atom.